The van der Waals surface area contributed by atoms with E-state index in [9.17, 15) is 4.79 Å². The maximum atomic E-state index is 12.9. The number of piperidine rings is 1. The van der Waals surface area contributed by atoms with Crippen molar-refractivity contribution < 1.29 is 4.79 Å². The van der Waals surface area contributed by atoms with Gasteiger partial charge in [0.05, 0.1) is 6.42 Å². The highest BCUT2D eigenvalue weighted by Gasteiger charge is 2.23. The number of carbonyl (C=O) groups excluding carboxylic acids is 1. The Morgan fingerprint density at radius 2 is 1.51 bits per heavy atom. The topological polar surface area (TPSA) is 44.4 Å². The minimum atomic E-state index is 0. The Kier molecular flexibility index (Phi) is 12.4. The van der Waals surface area contributed by atoms with Crippen LogP contribution in [0.3, 0.4) is 0 Å². The summed E-state index contributed by atoms with van der Waals surface area (Å²) < 4.78 is 0. The Hall–Kier alpha value is -1.62. The zero-order valence-corrected chi connectivity index (χ0v) is 22.3. The van der Waals surface area contributed by atoms with Gasteiger partial charge in [-0.3, -0.25) is 4.79 Å². The molecule has 2 fully saturated rings. The Labute approximate surface area is 219 Å². The molecule has 194 valence electrons. The number of benzene rings is 2. The summed E-state index contributed by atoms with van der Waals surface area (Å²) in [5.41, 5.74) is 1.15. The normalized spacial score (nSPS) is 18.1. The number of amides is 1. The highest BCUT2D eigenvalue weighted by molar-refractivity contribution is 5.90. The lowest BCUT2D eigenvalue weighted by Gasteiger charge is -2.32. The predicted octanol–water partition coefficient (Wildman–Crippen LogP) is 6.12. The first-order valence-electron chi connectivity index (χ1n) is 14.0. The molecule has 1 aliphatic carbocycles. The number of nitrogens with one attached hydrogen (secondary N) is 2. The summed E-state index contributed by atoms with van der Waals surface area (Å²) >= 11 is 0. The Balaban J connectivity index is 0.00000342. The van der Waals surface area contributed by atoms with Crippen LogP contribution < -0.4 is 10.6 Å². The predicted molar refractivity (Wildman–Crippen MR) is 150 cm³/mol. The Morgan fingerprint density at radius 1 is 0.829 bits per heavy atom. The van der Waals surface area contributed by atoms with Crippen molar-refractivity contribution in [3.63, 3.8) is 0 Å². The van der Waals surface area contributed by atoms with E-state index in [1.54, 1.807) is 0 Å². The number of fused-ring (bicyclic) bond motifs is 1. The SMILES string of the molecule is Cl.O=C(Cc1cccc2ccccc12)N1CCC(CNCCCCNC2CCCCCCC2)CC1. The van der Waals surface area contributed by atoms with Gasteiger partial charge in [0, 0.05) is 19.1 Å². The lowest BCUT2D eigenvalue weighted by molar-refractivity contribution is -0.131. The molecule has 35 heavy (non-hydrogen) atoms. The second-order valence-corrected chi connectivity index (χ2v) is 10.5. The second-order valence-electron chi connectivity index (χ2n) is 10.5. The van der Waals surface area contributed by atoms with E-state index in [-0.39, 0.29) is 18.3 Å². The standard InChI is InChI=1S/C30H45N3O.ClH/c34-30(23-27-13-10-12-26-11-6-7-16-29(26)27)33-21-17-25(18-22-33)24-31-19-8-9-20-32-28-14-4-2-1-3-5-15-28;/h6-7,10-13,16,25,28,31-32H,1-5,8-9,14-15,17-24H2;1H. The van der Waals surface area contributed by atoms with Crippen LogP contribution in [0.15, 0.2) is 42.5 Å². The molecule has 5 heteroatoms. The summed E-state index contributed by atoms with van der Waals surface area (Å²) in [6.45, 7) is 5.19. The molecule has 0 unspecified atom stereocenters. The van der Waals surface area contributed by atoms with Gasteiger partial charge in [-0.05, 0) is 80.4 Å². The van der Waals surface area contributed by atoms with Crippen LogP contribution in [0.25, 0.3) is 10.8 Å². The average Bonchev–Trinajstić information content (AvgIpc) is 2.85. The van der Waals surface area contributed by atoms with Crippen molar-refractivity contribution in [1.29, 1.82) is 0 Å². The lowest BCUT2D eigenvalue weighted by atomic mass is 9.95. The number of halogens is 1. The fraction of sp³-hybridized carbons (Fsp3) is 0.633. The van der Waals surface area contributed by atoms with Gasteiger partial charge in [0.15, 0.2) is 0 Å². The largest absolute Gasteiger partial charge is 0.342 e. The molecule has 0 bridgehead atoms. The summed E-state index contributed by atoms with van der Waals surface area (Å²) in [7, 11) is 0. The molecule has 1 aliphatic heterocycles. The number of carbonyl (C=O) groups is 1. The van der Waals surface area contributed by atoms with Crippen molar-refractivity contribution in [2.75, 3.05) is 32.7 Å². The molecule has 0 atom stereocenters. The molecule has 2 N–H and O–H groups in total. The van der Waals surface area contributed by atoms with Crippen molar-refractivity contribution >= 4 is 29.1 Å². The summed E-state index contributed by atoms with van der Waals surface area (Å²) in [5, 5.41) is 9.91. The van der Waals surface area contributed by atoms with Gasteiger partial charge in [0.25, 0.3) is 0 Å². The van der Waals surface area contributed by atoms with E-state index >= 15 is 0 Å². The maximum Gasteiger partial charge on any atom is 0.227 e. The van der Waals surface area contributed by atoms with Gasteiger partial charge in [-0.1, -0.05) is 74.6 Å². The van der Waals surface area contributed by atoms with E-state index in [0.717, 1.165) is 50.6 Å². The summed E-state index contributed by atoms with van der Waals surface area (Å²) in [6.07, 6.45) is 15.2. The molecule has 0 radical (unpaired) electrons. The van der Waals surface area contributed by atoms with Crippen LogP contribution in [0, 0.1) is 5.92 Å². The Morgan fingerprint density at radius 3 is 2.31 bits per heavy atom. The van der Waals surface area contributed by atoms with Crippen molar-refractivity contribution in [2.24, 2.45) is 5.92 Å². The average molecular weight is 500 g/mol. The molecule has 0 aromatic heterocycles. The van der Waals surface area contributed by atoms with E-state index < -0.39 is 0 Å². The first-order valence-corrected chi connectivity index (χ1v) is 14.0. The monoisotopic (exact) mass is 499 g/mol. The number of rotatable bonds is 10. The van der Waals surface area contributed by atoms with Crippen LogP contribution in [0.1, 0.15) is 76.2 Å². The fourth-order valence-electron chi connectivity index (χ4n) is 5.76. The van der Waals surface area contributed by atoms with E-state index in [4.69, 9.17) is 0 Å². The van der Waals surface area contributed by atoms with Crippen LogP contribution in [-0.2, 0) is 11.2 Å². The quantitative estimate of drug-likeness (QED) is 0.387. The van der Waals surface area contributed by atoms with Gasteiger partial charge in [-0.15, -0.1) is 12.4 Å². The van der Waals surface area contributed by atoms with E-state index in [2.05, 4.69) is 58.0 Å². The molecule has 1 heterocycles. The van der Waals surface area contributed by atoms with Gasteiger partial charge in [0.2, 0.25) is 5.91 Å². The van der Waals surface area contributed by atoms with Crippen LogP contribution in [-0.4, -0.2) is 49.6 Å². The maximum absolute atomic E-state index is 12.9. The van der Waals surface area contributed by atoms with E-state index in [1.807, 2.05) is 0 Å². The molecular weight excluding hydrogens is 454 g/mol. The zero-order chi connectivity index (χ0) is 23.4. The number of nitrogens with zero attached hydrogens (tertiary/aromatic N) is 1. The van der Waals surface area contributed by atoms with Crippen LogP contribution in [0.2, 0.25) is 0 Å². The van der Waals surface area contributed by atoms with Gasteiger partial charge in [0.1, 0.15) is 0 Å². The van der Waals surface area contributed by atoms with Crippen molar-refractivity contribution in [3.05, 3.63) is 48.0 Å². The highest BCUT2D eigenvalue weighted by Crippen LogP contribution is 2.22. The van der Waals surface area contributed by atoms with E-state index in [0.29, 0.717) is 12.3 Å². The van der Waals surface area contributed by atoms with Crippen LogP contribution in [0.5, 0.6) is 0 Å². The molecule has 0 spiro atoms. The number of unbranched alkanes of at least 4 members (excludes halogenated alkanes) is 1. The number of hydrogen-bond donors (Lipinski definition) is 2. The summed E-state index contributed by atoms with van der Waals surface area (Å²) in [6, 6.07) is 15.4. The molecule has 2 aromatic carbocycles. The first kappa shape index (κ1) is 28.0. The van der Waals surface area contributed by atoms with Gasteiger partial charge >= 0.3 is 0 Å². The molecule has 1 saturated heterocycles. The fourth-order valence-corrected chi connectivity index (χ4v) is 5.76. The zero-order valence-electron chi connectivity index (χ0n) is 21.5. The molecular formula is C30H46ClN3O. The third kappa shape index (κ3) is 9.08. The first-order chi connectivity index (χ1) is 16.8. The second kappa shape index (κ2) is 15.5. The molecule has 4 rings (SSSR count). The molecule has 2 aromatic rings. The van der Waals surface area contributed by atoms with Gasteiger partial charge < -0.3 is 15.5 Å². The number of likely N-dealkylation sites (tertiary alicyclic amines) is 1. The molecule has 1 saturated carbocycles. The minimum Gasteiger partial charge on any atom is -0.342 e. The molecule has 4 nitrogen and oxygen atoms in total. The summed E-state index contributed by atoms with van der Waals surface area (Å²) in [4.78, 5) is 15.0. The van der Waals surface area contributed by atoms with E-state index in [1.165, 1.54) is 75.1 Å². The number of hydrogen-bond acceptors (Lipinski definition) is 3. The van der Waals surface area contributed by atoms with Crippen molar-refractivity contribution in [3.8, 4) is 0 Å². The molecule has 1 amide bonds. The third-order valence-electron chi connectivity index (χ3n) is 7.94. The smallest absolute Gasteiger partial charge is 0.227 e. The molecule has 2 aliphatic rings. The van der Waals surface area contributed by atoms with Crippen molar-refractivity contribution in [1.82, 2.24) is 15.5 Å². The van der Waals surface area contributed by atoms with Crippen molar-refractivity contribution in [2.45, 2.75) is 83.1 Å². The van der Waals surface area contributed by atoms with Gasteiger partial charge in [-0.2, -0.15) is 0 Å². The van der Waals surface area contributed by atoms with Gasteiger partial charge in [-0.25, -0.2) is 0 Å². The highest BCUT2D eigenvalue weighted by atomic mass is 35.5. The lowest BCUT2D eigenvalue weighted by Crippen LogP contribution is -2.41. The Bertz CT molecular complexity index is 868. The summed E-state index contributed by atoms with van der Waals surface area (Å²) in [5.74, 6) is 0.981. The van der Waals surface area contributed by atoms with Crippen LogP contribution >= 0.6 is 12.4 Å². The van der Waals surface area contributed by atoms with Crippen LogP contribution in [0.4, 0.5) is 0 Å². The third-order valence-corrected chi connectivity index (χ3v) is 7.94. The minimum absolute atomic E-state index is 0.